The monoisotopic (exact) mass is 358 g/mol. The van der Waals surface area contributed by atoms with Crippen LogP contribution in [0.3, 0.4) is 0 Å². The van der Waals surface area contributed by atoms with Crippen molar-refractivity contribution < 1.29 is 4.42 Å². The van der Waals surface area contributed by atoms with E-state index in [0.29, 0.717) is 36.0 Å². The van der Waals surface area contributed by atoms with E-state index in [2.05, 4.69) is 9.88 Å². The number of furan rings is 1. The summed E-state index contributed by atoms with van der Waals surface area (Å²) in [5.74, 6) is 1.35. The Bertz CT molecular complexity index is 1060. The van der Waals surface area contributed by atoms with Crippen LogP contribution in [0.2, 0.25) is 0 Å². The summed E-state index contributed by atoms with van der Waals surface area (Å²) < 4.78 is 9.81. The van der Waals surface area contributed by atoms with Crippen molar-refractivity contribution in [3.63, 3.8) is 0 Å². The molecule has 1 fully saturated rings. The van der Waals surface area contributed by atoms with Crippen molar-refractivity contribution in [2.24, 2.45) is 19.8 Å². The smallest absolute Gasteiger partial charge is 0.332 e. The number of hydrogen-bond donors (Lipinski definition) is 1. The third kappa shape index (κ3) is 2.55. The van der Waals surface area contributed by atoms with Gasteiger partial charge in [0.05, 0.1) is 12.8 Å². The summed E-state index contributed by atoms with van der Waals surface area (Å²) in [4.78, 5) is 31.9. The zero-order chi connectivity index (χ0) is 18.4. The van der Waals surface area contributed by atoms with Crippen molar-refractivity contribution in [2.75, 3.05) is 18.0 Å². The molecule has 0 spiro atoms. The Morgan fingerprint density at radius 3 is 2.81 bits per heavy atom. The number of rotatable bonds is 3. The van der Waals surface area contributed by atoms with Crippen molar-refractivity contribution in [1.29, 1.82) is 0 Å². The second-order valence-corrected chi connectivity index (χ2v) is 6.80. The highest BCUT2D eigenvalue weighted by Gasteiger charge is 2.26. The summed E-state index contributed by atoms with van der Waals surface area (Å²) in [5.41, 5.74) is 6.13. The van der Waals surface area contributed by atoms with Gasteiger partial charge in [-0.1, -0.05) is 0 Å². The second-order valence-electron chi connectivity index (χ2n) is 6.80. The minimum atomic E-state index is -0.396. The highest BCUT2D eigenvalue weighted by molar-refractivity contribution is 5.74. The van der Waals surface area contributed by atoms with E-state index in [1.165, 1.54) is 11.6 Å². The number of nitrogens with two attached hydrogens (primary N) is 1. The molecular formula is C17H22N6O3. The van der Waals surface area contributed by atoms with Gasteiger partial charge in [-0.15, -0.1) is 0 Å². The van der Waals surface area contributed by atoms with Gasteiger partial charge in [0.25, 0.3) is 5.56 Å². The van der Waals surface area contributed by atoms with Crippen LogP contribution < -0.4 is 21.9 Å². The van der Waals surface area contributed by atoms with Gasteiger partial charge in [0.2, 0.25) is 5.95 Å². The van der Waals surface area contributed by atoms with E-state index in [0.717, 1.165) is 24.0 Å². The van der Waals surface area contributed by atoms with E-state index in [1.807, 2.05) is 10.6 Å². The number of nitrogens with zero attached hydrogens (tertiary/aromatic N) is 5. The summed E-state index contributed by atoms with van der Waals surface area (Å²) in [6.45, 7) is 1.83. The predicted octanol–water partition coefficient (Wildman–Crippen LogP) is 0.00250. The molecule has 4 heterocycles. The molecule has 1 saturated heterocycles. The SMILES string of the molecule is Cn1c(=O)c2c(nc(N3CCCC(N)C3)n2Cc2ccco2)n(C)c1=O. The molecule has 26 heavy (non-hydrogen) atoms. The van der Waals surface area contributed by atoms with Crippen LogP contribution in [-0.4, -0.2) is 37.8 Å². The van der Waals surface area contributed by atoms with Gasteiger partial charge in [-0.05, 0) is 25.0 Å². The number of aromatic nitrogens is 4. The van der Waals surface area contributed by atoms with Crippen molar-refractivity contribution in [3.05, 3.63) is 45.0 Å². The molecule has 0 aliphatic carbocycles. The van der Waals surface area contributed by atoms with E-state index in [-0.39, 0.29) is 11.6 Å². The van der Waals surface area contributed by atoms with E-state index >= 15 is 0 Å². The molecule has 0 bridgehead atoms. The molecule has 1 unspecified atom stereocenters. The Morgan fingerprint density at radius 1 is 1.31 bits per heavy atom. The van der Waals surface area contributed by atoms with Crippen LogP contribution in [0.25, 0.3) is 11.2 Å². The number of aryl methyl sites for hydroxylation is 1. The van der Waals surface area contributed by atoms with Crippen LogP contribution in [0.15, 0.2) is 32.4 Å². The largest absolute Gasteiger partial charge is 0.467 e. The fraction of sp³-hybridized carbons (Fsp3) is 0.471. The van der Waals surface area contributed by atoms with Gasteiger partial charge in [0, 0.05) is 33.2 Å². The summed E-state index contributed by atoms with van der Waals surface area (Å²) in [6, 6.07) is 3.72. The van der Waals surface area contributed by atoms with Gasteiger partial charge in [0.1, 0.15) is 5.76 Å². The van der Waals surface area contributed by atoms with E-state index in [1.54, 1.807) is 19.4 Å². The zero-order valence-electron chi connectivity index (χ0n) is 14.9. The lowest BCUT2D eigenvalue weighted by molar-refractivity contribution is 0.478. The van der Waals surface area contributed by atoms with Crippen LogP contribution in [0.4, 0.5) is 5.95 Å². The lowest BCUT2D eigenvalue weighted by atomic mass is 10.1. The maximum Gasteiger partial charge on any atom is 0.332 e. The minimum absolute atomic E-state index is 0.0623. The number of hydrogen-bond acceptors (Lipinski definition) is 6. The Balaban J connectivity index is 1.97. The molecule has 4 rings (SSSR count). The van der Waals surface area contributed by atoms with Crippen molar-refractivity contribution in [2.45, 2.75) is 25.4 Å². The molecule has 1 aliphatic rings. The Hall–Kier alpha value is -2.81. The van der Waals surface area contributed by atoms with Crippen LogP contribution in [0.1, 0.15) is 18.6 Å². The molecule has 138 valence electrons. The van der Waals surface area contributed by atoms with E-state index < -0.39 is 5.69 Å². The Kier molecular flexibility index (Phi) is 3.95. The first-order chi connectivity index (χ1) is 12.5. The quantitative estimate of drug-likeness (QED) is 0.707. The topological polar surface area (TPSA) is 104 Å². The molecule has 3 aromatic heterocycles. The lowest BCUT2D eigenvalue weighted by Gasteiger charge is -2.31. The average molecular weight is 358 g/mol. The standard InChI is InChI=1S/C17H22N6O3/c1-20-14-13(15(24)21(2)17(20)25)23(10-12-6-4-8-26-12)16(19-14)22-7-3-5-11(18)9-22/h4,6,8,11H,3,5,7,9-10,18H2,1-2H3. The molecule has 1 atom stereocenters. The van der Waals surface area contributed by atoms with Crippen LogP contribution in [0, 0.1) is 0 Å². The van der Waals surface area contributed by atoms with Crippen molar-refractivity contribution >= 4 is 17.1 Å². The van der Waals surface area contributed by atoms with Gasteiger partial charge in [0.15, 0.2) is 11.2 Å². The van der Waals surface area contributed by atoms with Gasteiger partial charge < -0.3 is 15.1 Å². The minimum Gasteiger partial charge on any atom is -0.467 e. The first-order valence-corrected chi connectivity index (χ1v) is 8.66. The second kappa shape index (κ2) is 6.17. The molecule has 9 heteroatoms. The van der Waals surface area contributed by atoms with Crippen molar-refractivity contribution in [1.82, 2.24) is 18.7 Å². The van der Waals surface area contributed by atoms with Gasteiger partial charge in [-0.25, -0.2) is 4.79 Å². The highest BCUT2D eigenvalue weighted by Crippen LogP contribution is 2.24. The predicted molar refractivity (Wildman–Crippen MR) is 97.4 cm³/mol. The van der Waals surface area contributed by atoms with Crippen molar-refractivity contribution in [3.8, 4) is 0 Å². The lowest BCUT2D eigenvalue weighted by Crippen LogP contribution is -2.44. The summed E-state index contributed by atoms with van der Waals surface area (Å²) in [6.07, 6.45) is 3.52. The van der Waals surface area contributed by atoms with E-state index in [4.69, 9.17) is 10.2 Å². The average Bonchev–Trinajstić information content (AvgIpc) is 3.26. The summed E-state index contributed by atoms with van der Waals surface area (Å²) in [7, 11) is 3.10. The summed E-state index contributed by atoms with van der Waals surface area (Å²) >= 11 is 0. The Morgan fingerprint density at radius 2 is 2.12 bits per heavy atom. The summed E-state index contributed by atoms with van der Waals surface area (Å²) in [5, 5.41) is 0. The van der Waals surface area contributed by atoms with Crippen LogP contribution in [0.5, 0.6) is 0 Å². The molecular weight excluding hydrogens is 336 g/mol. The molecule has 0 amide bonds. The number of imidazole rings is 1. The fourth-order valence-electron chi connectivity index (χ4n) is 3.58. The molecule has 0 aromatic carbocycles. The zero-order valence-corrected chi connectivity index (χ0v) is 14.9. The molecule has 0 radical (unpaired) electrons. The Labute approximate surface area is 149 Å². The molecule has 1 aliphatic heterocycles. The third-order valence-electron chi connectivity index (χ3n) is 4.96. The molecule has 2 N–H and O–H groups in total. The van der Waals surface area contributed by atoms with Gasteiger partial charge in [-0.3, -0.25) is 18.5 Å². The molecule has 0 saturated carbocycles. The molecule has 3 aromatic rings. The fourth-order valence-corrected chi connectivity index (χ4v) is 3.58. The highest BCUT2D eigenvalue weighted by atomic mass is 16.3. The maximum atomic E-state index is 12.8. The first kappa shape index (κ1) is 16.6. The van der Waals surface area contributed by atoms with E-state index in [9.17, 15) is 9.59 Å². The van der Waals surface area contributed by atoms with Crippen LogP contribution in [-0.2, 0) is 20.6 Å². The third-order valence-corrected chi connectivity index (χ3v) is 4.96. The van der Waals surface area contributed by atoms with Crippen LogP contribution >= 0.6 is 0 Å². The number of fused-ring (bicyclic) bond motifs is 1. The normalized spacial score (nSPS) is 18.0. The van der Waals surface area contributed by atoms with Gasteiger partial charge in [-0.2, -0.15) is 4.98 Å². The number of piperidine rings is 1. The maximum absolute atomic E-state index is 12.8. The first-order valence-electron chi connectivity index (χ1n) is 8.66. The number of anilines is 1. The van der Waals surface area contributed by atoms with Gasteiger partial charge >= 0.3 is 5.69 Å². The molecule has 9 nitrogen and oxygen atoms in total.